The van der Waals surface area contributed by atoms with Gasteiger partial charge >= 0.3 is 0 Å². The molecule has 0 aliphatic rings. The van der Waals surface area contributed by atoms with E-state index in [-0.39, 0.29) is 0 Å². The highest BCUT2D eigenvalue weighted by molar-refractivity contribution is 5.02. The van der Waals surface area contributed by atoms with E-state index in [4.69, 9.17) is 0 Å². The molecule has 16 heavy (non-hydrogen) atoms. The minimum Gasteiger partial charge on any atom is -0.309 e. The fourth-order valence-electron chi connectivity index (χ4n) is 1.54. The van der Waals surface area contributed by atoms with Gasteiger partial charge in [-0.05, 0) is 26.0 Å². The van der Waals surface area contributed by atoms with Crippen molar-refractivity contribution in [3.05, 3.63) is 30.1 Å². The van der Waals surface area contributed by atoms with Gasteiger partial charge < -0.3 is 5.32 Å². The van der Waals surface area contributed by atoms with E-state index >= 15 is 0 Å². The Bertz CT molecular complexity index is 379. The molecule has 6 heteroatoms. The van der Waals surface area contributed by atoms with Crippen LogP contribution >= 0.6 is 0 Å². The van der Waals surface area contributed by atoms with Crippen molar-refractivity contribution in [3.63, 3.8) is 0 Å². The zero-order chi connectivity index (χ0) is 11.2. The zero-order valence-electron chi connectivity index (χ0n) is 9.27. The lowest BCUT2D eigenvalue weighted by atomic mass is 10.2. The summed E-state index contributed by atoms with van der Waals surface area (Å²) in [6.45, 7) is 3.06. The van der Waals surface area contributed by atoms with Crippen molar-refractivity contribution in [1.82, 2.24) is 30.7 Å². The molecule has 0 radical (unpaired) electrons. The maximum atomic E-state index is 4.07. The molecule has 1 atom stereocenters. The number of rotatable bonds is 6. The predicted molar refractivity (Wildman–Crippen MR) is 59.7 cm³/mol. The van der Waals surface area contributed by atoms with Crippen molar-refractivity contribution in [3.8, 4) is 0 Å². The lowest BCUT2D eigenvalue weighted by molar-refractivity contribution is 0.543. The number of aromatic amines is 2. The quantitative estimate of drug-likeness (QED) is 0.629. The highest BCUT2D eigenvalue weighted by Gasteiger charge is 2.04. The number of H-pyrrole nitrogens is 2. The second kappa shape index (κ2) is 5.41. The van der Waals surface area contributed by atoms with Crippen molar-refractivity contribution in [2.24, 2.45) is 0 Å². The van der Waals surface area contributed by atoms with Crippen molar-refractivity contribution < 1.29 is 0 Å². The van der Waals surface area contributed by atoms with Gasteiger partial charge in [-0.3, -0.25) is 10.2 Å². The van der Waals surface area contributed by atoms with Crippen LogP contribution in [-0.4, -0.2) is 31.9 Å². The van der Waals surface area contributed by atoms with E-state index in [1.165, 1.54) is 6.33 Å². The van der Waals surface area contributed by atoms with Gasteiger partial charge in [0.15, 0.2) is 0 Å². The summed E-state index contributed by atoms with van der Waals surface area (Å²) in [6.07, 6.45) is 5.26. The monoisotopic (exact) mass is 220 g/mol. The van der Waals surface area contributed by atoms with Crippen LogP contribution in [0.15, 0.2) is 18.6 Å². The van der Waals surface area contributed by atoms with Crippen molar-refractivity contribution >= 4 is 0 Å². The fraction of sp³-hybridized carbons (Fsp3) is 0.500. The first-order valence-electron chi connectivity index (χ1n) is 5.43. The molecule has 0 saturated heterocycles. The maximum Gasteiger partial charge on any atom is 0.137 e. The standard InChI is InChI=1S/C10H16N6/c1-8(9-4-6-13-15-9)11-5-2-3-10-12-7-14-16-10/h4,6-8,11H,2-3,5H2,1H3,(H,13,15)(H,12,14,16). The summed E-state index contributed by atoms with van der Waals surface area (Å²) in [7, 11) is 0. The molecular formula is C10H16N6. The summed E-state index contributed by atoms with van der Waals surface area (Å²) in [5.74, 6) is 0.941. The number of hydrogen-bond acceptors (Lipinski definition) is 4. The van der Waals surface area contributed by atoms with Gasteiger partial charge in [0, 0.05) is 18.7 Å². The van der Waals surface area contributed by atoms with Gasteiger partial charge in [0.05, 0.1) is 5.69 Å². The second-order valence-corrected chi connectivity index (χ2v) is 3.72. The van der Waals surface area contributed by atoms with Crippen molar-refractivity contribution in [2.45, 2.75) is 25.8 Å². The molecule has 6 nitrogen and oxygen atoms in total. The Hall–Kier alpha value is -1.69. The van der Waals surface area contributed by atoms with Crippen LogP contribution in [-0.2, 0) is 6.42 Å². The smallest absolute Gasteiger partial charge is 0.137 e. The summed E-state index contributed by atoms with van der Waals surface area (Å²) >= 11 is 0. The molecule has 0 bridgehead atoms. The van der Waals surface area contributed by atoms with Gasteiger partial charge in [0.2, 0.25) is 0 Å². The molecule has 2 heterocycles. The molecule has 3 N–H and O–H groups in total. The molecule has 2 rings (SSSR count). The van der Waals surface area contributed by atoms with Gasteiger partial charge in [-0.1, -0.05) is 0 Å². The Morgan fingerprint density at radius 1 is 1.38 bits per heavy atom. The molecule has 0 aliphatic heterocycles. The van der Waals surface area contributed by atoms with Gasteiger partial charge in [-0.15, -0.1) is 0 Å². The molecule has 0 aromatic carbocycles. The number of hydrogen-bond donors (Lipinski definition) is 3. The molecule has 0 aliphatic carbocycles. The van der Waals surface area contributed by atoms with Gasteiger partial charge in [-0.2, -0.15) is 10.2 Å². The van der Waals surface area contributed by atoms with Gasteiger partial charge in [-0.25, -0.2) is 4.98 Å². The van der Waals surface area contributed by atoms with Crippen molar-refractivity contribution in [2.75, 3.05) is 6.54 Å². The number of nitrogens with zero attached hydrogens (tertiary/aromatic N) is 3. The van der Waals surface area contributed by atoms with Crippen LogP contribution in [0.4, 0.5) is 0 Å². The molecule has 0 spiro atoms. The number of aryl methyl sites for hydroxylation is 1. The molecule has 0 fully saturated rings. The van der Waals surface area contributed by atoms with E-state index in [9.17, 15) is 0 Å². The van der Waals surface area contributed by atoms with E-state index in [0.717, 1.165) is 30.9 Å². The first kappa shape index (κ1) is 10.8. The average molecular weight is 220 g/mol. The average Bonchev–Trinajstić information content (AvgIpc) is 2.96. The molecule has 86 valence electrons. The number of aromatic nitrogens is 5. The first-order chi connectivity index (χ1) is 7.86. The molecular weight excluding hydrogens is 204 g/mol. The van der Waals surface area contributed by atoms with Crippen LogP contribution in [0.25, 0.3) is 0 Å². The Balaban J connectivity index is 1.65. The fourth-order valence-corrected chi connectivity index (χ4v) is 1.54. The molecule has 2 aromatic rings. The Labute approximate surface area is 93.9 Å². The van der Waals surface area contributed by atoms with Crippen LogP contribution in [0.1, 0.15) is 30.9 Å². The first-order valence-corrected chi connectivity index (χ1v) is 5.43. The second-order valence-electron chi connectivity index (χ2n) is 3.72. The van der Waals surface area contributed by atoms with Gasteiger partial charge in [0.25, 0.3) is 0 Å². The van der Waals surface area contributed by atoms with E-state index in [2.05, 4.69) is 37.6 Å². The third-order valence-corrected chi connectivity index (χ3v) is 2.49. The Kier molecular flexibility index (Phi) is 3.66. The van der Waals surface area contributed by atoms with Crippen LogP contribution in [0.5, 0.6) is 0 Å². The summed E-state index contributed by atoms with van der Waals surface area (Å²) < 4.78 is 0. The Morgan fingerprint density at radius 3 is 3.00 bits per heavy atom. The third kappa shape index (κ3) is 2.90. The maximum absolute atomic E-state index is 4.07. The minimum absolute atomic E-state index is 0.303. The van der Waals surface area contributed by atoms with E-state index in [1.54, 1.807) is 6.20 Å². The number of nitrogens with one attached hydrogen (secondary N) is 3. The minimum atomic E-state index is 0.303. The normalized spacial score (nSPS) is 12.8. The third-order valence-electron chi connectivity index (χ3n) is 2.49. The van der Waals surface area contributed by atoms with Crippen LogP contribution in [0.2, 0.25) is 0 Å². The largest absolute Gasteiger partial charge is 0.309 e. The van der Waals surface area contributed by atoms with Gasteiger partial charge in [0.1, 0.15) is 12.2 Å². The van der Waals surface area contributed by atoms with Crippen LogP contribution in [0.3, 0.4) is 0 Å². The molecule has 2 aromatic heterocycles. The SMILES string of the molecule is CC(NCCCc1ncn[nH]1)c1ccn[nH]1. The molecule has 0 amide bonds. The lowest BCUT2D eigenvalue weighted by Gasteiger charge is -2.10. The highest BCUT2D eigenvalue weighted by Crippen LogP contribution is 2.06. The van der Waals surface area contributed by atoms with E-state index in [1.807, 2.05) is 6.07 Å². The lowest BCUT2D eigenvalue weighted by Crippen LogP contribution is -2.20. The van der Waals surface area contributed by atoms with Crippen LogP contribution in [0, 0.1) is 0 Å². The predicted octanol–water partition coefficient (Wildman–Crippen LogP) is 0.811. The topological polar surface area (TPSA) is 82.3 Å². The van der Waals surface area contributed by atoms with Crippen molar-refractivity contribution in [1.29, 1.82) is 0 Å². The van der Waals surface area contributed by atoms with Crippen LogP contribution < -0.4 is 5.32 Å². The van der Waals surface area contributed by atoms with E-state index < -0.39 is 0 Å². The Morgan fingerprint density at radius 2 is 2.31 bits per heavy atom. The molecule has 0 saturated carbocycles. The summed E-state index contributed by atoms with van der Waals surface area (Å²) in [6, 6.07) is 2.28. The van der Waals surface area contributed by atoms with E-state index in [0.29, 0.717) is 6.04 Å². The summed E-state index contributed by atoms with van der Waals surface area (Å²) in [5, 5.41) is 16.9. The highest BCUT2D eigenvalue weighted by atomic mass is 15.2. The molecule has 1 unspecified atom stereocenters. The summed E-state index contributed by atoms with van der Waals surface area (Å²) in [5.41, 5.74) is 1.11. The zero-order valence-corrected chi connectivity index (χ0v) is 9.27. The summed E-state index contributed by atoms with van der Waals surface area (Å²) in [4.78, 5) is 4.07.